The van der Waals surface area contributed by atoms with Gasteiger partial charge in [-0.2, -0.15) is 5.10 Å². The molecule has 4 aromatic rings. The van der Waals surface area contributed by atoms with Crippen LogP contribution >= 0.6 is 0 Å². The number of esters is 1. The number of carbonyl (C=O) groups is 3. The van der Waals surface area contributed by atoms with Gasteiger partial charge in [0.05, 0.1) is 29.2 Å². The van der Waals surface area contributed by atoms with Crippen molar-refractivity contribution in [1.82, 2.24) is 24.9 Å². The van der Waals surface area contributed by atoms with Gasteiger partial charge in [0.2, 0.25) is 0 Å². The molecule has 0 fully saturated rings. The van der Waals surface area contributed by atoms with E-state index in [0.29, 0.717) is 22.6 Å². The van der Waals surface area contributed by atoms with Crippen LogP contribution in [0.15, 0.2) is 48.8 Å². The molecule has 1 aromatic carbocycles. The van der Waals surface area contributed by atoms with Crippen LogP contribution in [0.2, 0.25) is 0 Å². The van der Waals surface area contributed by atoms with E-state index in [1.54, 1.807) is 19.1 Å². The highest BCUT2D eigenvalue weighted by molar-refractivity contribution is 5.96. The van der Waals surface area contributed by atoms with Crippen molar-refractivity contribution in [3.05, 3.63) is 71.4 Å². The van der Waals surface area contributed by atoms with E-state index in [2.05, 4.69) is 35.2 Å². The summed E-state index contributed by atoms with van der Waals surface area (Å²) in [4.78, 5) is 44.3. The van der Waals surface area contributed by atoms with E-state index < -0.39 is 48.4 Å². The molecule has 1 atom stereocenters. The molecule has 0 aliphatic carbocycles. The number of pyridine rings is 1. The van der Waals surface area contributed by atoms with Crippen LogP contribution in [-0.4, -0.2) is 50.3 Å². The number of ether oxygens (including phenoxy) is 2. The normalized spacial score (nSPS) is 12.1. The first kappa shape index (κ1) is 28.9. The number of hydrogen-bond donors (Lipinski definition) is 2. The van der Waals surface area contributed by atoms with E-state index in [-0.39, 0.29) is 16.9 Å². The Bertz CT molecular complexity index is 1640. The zero-order valence-corrected chi connectivity index (χ0v) is 21.7. The Morgan fingerprint density at radius 2 is 1.88 bits per heavy atom. The highest BCUT2D eigenvalue weighted by Crippen LogP contribution is 2.28. The van der Waals surface area contributed by atoms with Crippen molar-refractivity contribution in [2.75, 3.05) is 11.9 Å². The highest BCUT2D eigenvalue weighted by Gasteiger charge is 2.31. The molecule has 0 spiro atoms. The fraction of sp³-hybridized carbons (Fsp3) is 0.231. The van der Waals surface area contributed by atoms with E-state index in [0.717, 1.165) is 18.2 Å². The van der Waals surface area contributed by atoms with Gasteiger partial charge in [0, 0.05) is 24.2 Å². The minimum Gasteiger partial charge on any atom is -0.456 e. The molecule has 0 aliphatic heterocycles. The average molecular weight is 574 g/mol. The van der Waals surface area contributed by atoms with Crippen LogP contribution in [0.3, 0.4) is 0 Å². The van der Waals surface area contributed by atoms with Gasteiger partial charge in [0.25, 0.3) is 11.8 Å². The zero-order chi connectivity index (χ0) is 29.9. The molecule has 214 valence electrons. The predicted octanol–water partition coefficient (Wildman–Crippen LogP) is 4.13. The third-order valence-corrected chi connectivity index (χ3v) is 5.64. The molecule has 0 saturated heterocycles. The number of benzene rings is 1. The molecule has 2 amide bonds. The minimum atomic E-state index is -4.96. The van der Waals surface area contributed by atoms with Crippen LogP contribution in [0, 0.1) is 12.7 Å². The van der Waals surface area contributed by atoms with Gasteiger partial charge in [-0.1, -0.05) is 0 Å². The van der Waals surface area contributed by atoms with Gasteiger partial charge in [0.15, 0.2) is 18.1 Å². The van der Waals surface area contributed by atoms with Gasteiger partial charge >= 0.3 is 12.3 Å². The Labute approximate surface area is 229 Å². The molecule has 2 N–H and O–H groups in total. The number of imidazole rings is 1. The van der Waals surface area contributed by atoms with E-state index >= 15 is 0 Å². The first-order chi connectivity index (χ1) is 19.3. The largest absolute Gasteiger partial charge is 0.573 e. The summed E-state index contributed by atoms with van der Waals surface area (Å²) in [6.45, 7) is 3.70. The summed E-state index contributed by atoms with van der Waals surface area (Å²) < 4.78 is 62.0. The molecular formula is C26H22F4N6O5. The summed E-state index contributed by atoms with van der Waals surface area (Å²) in [5, 5.41) is 9.48. The van der Waals surface area contributed by atoms with E-state index in [1.807, 2.05) is 0 Å². The Balaban J connectivity index is 1.53. The monoisotopic (exact) mass is 574 g/mol. The van der Waals surface area contributed by atoms with Crippen LogP contribution in [0.5, 0.6) is 5.75 Å². The number of halogens is 4. The molecule has 1 unspecified atom stereocenters. The first-order valence-electron chi connectivity index (χ1n) is 11.9. The molecule has 3 aromatic heterocycles. The molecule has 11 nitrogen and oxygen atoms in total. The third-order valence-electron chi connectivity index (χ3n) is 5.64. The Hall–Kier alpha value is -5.08. The molecule has 4 rings (SSSR count). The highest BCUT2D eigenvalue weighted by atomic mass is 19.4. The number of aryl methyl sites for hydroxylation is 1. The maximum absolute atomic E-state index is 14.4. The van der Waals surface area contributed by atoms with Crippen LogP contribution < -0.4 is 15.4 Å². The lowest BCUT2D eigenvalue weighted by Crippen LogP contribution is -2.28. The number of amides is 2. The van der Waals surface area contributed by atoms with E-state index in [4.69, 9.17) is 0 Å². The Morgan fingerprint density at radius 1 is 1.12 bits per heavy atom. The number of nitrogens with one attached hydrogen (secondary N) is 2. The maximum Gasteiger partial charge on any atom is 0.573 e. The first-order valence-corrected chi connectivity index (χ1v) is 11.9. The molecule has 0 aliphatic rings. The van der Waals surface area contributed by atoms with Crippen molar-refractivity contribution in [3.63, 3.8) is 0 Å². The number of alkyl halides is 3. The molecule has 41 heavy (non-hydrogen) atoms. The topological polar surface area (TPSA) is 137 Å². The molecule has 0 radical (unpaired) electrons. The van der Waals surface area contributed by atoms with Gasteiger partial charge in [-0.25, -0.2) is 13.9 Å². The van der Waals surface area contributed by atoms with Crippen molar-refractivity contribution in [2.45, 2.75) is 33.2 Å². The fourth-order valence-electron chi connectivity index (χ4n) is 3.75. The van der Waals surface area contributed by atoms with Gasteiger partial charge in [0.1, 0.15) is 11.6 Å². The Kier molecular flexibility index (Phi) is 8.16. The van der Waals surface area contributed by atoms with Gasteiger partial charge < -0.3 is 20.1 Å². The predicted molar refractivity (Wildman–Crippen MR) is 135 cm³/mol. The molecule has 3 heterocycles. The number of nitrogens with zero attached hydrogens (tertiary/aromatic N) is 4. The van der Waals surface area contributed by atoms with E-state index in [9.17, 15) is 31.9 Å². The second kappa shape index (κ2) is 11.6. The number of aromatic nitrogens is 4. The summed E-state index contributed by atoms with van der Waals surface area (Å²) in [5.74, 6) is -3.12. The van der Waals surface area contributed by atoms with Crippen LogP contribution in [0.4, 0.5) is 23.4 Å². The minimum absolute atomic E-state index is 0.128. The summed E-state index contributed by atoms with van der Waals surface area (Å²) in [7, 11) is 0. The Morgan fingerprint density at radius 3 is 2.59 bits per heavy atom. The third kappa shape index (κ3) is 7.32. The zero-order valence-electron chi connectivity index (χ0n) is 21.7. The molecular weight excluding hydrogens is 552 g/mol. The second-order valence-electron chi connectivity index (χ2n) is 8.76. The smallest absolute Gasteiger partial charge is 0.456 e. The molecule has 0 bridgehead atoms. The number of anilines is 1. The lowest BCUT2D eigenvalue weighted by atomic mass is 10.0. The average Bonchev–Trinajstić information content (AvgIpc) is 3.29. The fourth-order valence-corrected chi connectivity index (χ4v) is 3.75. The van der Waals surface area contributed by atoms with Crippen molar-refractivity contribution in [3.8, 4) is 17.0 Å². The lowest BCUT2D eigenvalue weighted by molar-refractivity contribution is -0.274. The number of hydrogen-bond acceptors (Lipinski definition) is 8. The quantitative estimate of drug-likeness (QED) is 0.237. The summed E-state index contributed by atoms with van der Waals surface area (Å²) >= 11 is 0. The lowest BCUT2D eigenvalue weighted by Gasteiger charge is -2.18. The van der Waals surface area contributed by atoms with Gasteiger partial charge in [-0.15, -0.1) is 13.2 Å². The second-order valence-corrected chi connectivity index (χ2v) is 8.76. The van der Waals surface area contributed by atoms with Crippen LogP contribution in [0.1, 0.15) is 41.5 Å². The van der Waals surface area contributed by atoms with Gasteiger partial charge in [-0.3, -0.25) is 19.4 Å². The number of carbonyl (C=O) groups excluding carboxylic acids is 3. The summed E-state index contributed by atoms with van der Waals surface area (Å²) in [6.07, 6.45) is -2.04. The van der Waals surface area contributed by atoms with E-state index in [1.165, 1.54) is 36.8 Å². The van der Waals surface area contributed by atoms with Crippen molar-refractivity contribution in [1.29, 1.82) is 0 Å². The standard InChI is InChI=1S/C26H22F4N6O5/c1-13-19(25(39)32-14(2)18-9-17(4-5-20(18)27)41-26(28,29)30)8-16(10-31-13)21-6-7-23-33-22(11-36(23)35-21)34-24(38)12-40-15(3)37/h4-11,14H,12H2,1-3H3,(H,32,39)(H,34,38). The summed E-state index contributed by atoms with van der Waals surface area (Å²) in [5.41, 5.74) is 1.49. The summed E-state index contributed by atoms with van der Waals surface area (Å²) in [6, 6.07) is 6.25. The number of rotatable bonds is 8. The SMILES string of the molecule is CC(=O)OCC(=O)Nc1cn2nc(-c3cnc(C)c(C(=O)NC(C)c4cc(OC(F)(F)F)ccc4F)c3)ccc2n1. The maximum atomic E-state index is 14.4. The van der Waals surface area contributed by atoms with Gasteiger partial charge in [-0.05, 0) is 50.2 Å². The molecule has 0 saturated carbocycles. The van der Waals surface area contributed by atoms with Crippen molar-refractivity contribution >= 4 is 29.2 Å². The van der Waals surface area contributed by atoms with Crippen LogP contribution in [-0.2, 0) is 14.3 Å². The number of fused-ring (bicyclic) bond motifs is 1. The van der Waals surface area contributed by atoms with Crippen molar-refractivity contribution in [2.24, 2.45) is 0 Å². The van der Waals surface area contributed by atoms with Crippen LogP contribution in [0.25, 0.3) is 16.9 Å². The molecule has 15 heteroatoms. The van der Waals surface area contributed by atoms with Crippen molar-refractivity contribution < 1.29 is 41.4 Å².